The van der Waals surface area contributed by atoms with Crippen LogP contribution < -0.4 is 0 Å². The molecule has 6 nitrogen and oxygen atoms in total. The van der Waals surface area contributed by atoms with Crippen LogP contribution in [0.25, 0.3) is 33.3 Å². The molecule has 0 radical (unpaired) electrons. The van der Waals surface area contributed by atoms with E-state index >= 15 is 0 Å². The summed E-state index contributed by atoms with van der Waals surface area (Å²) in [7, 11) is 1.93. The number of hydrogen-bond acceptors (Lipinski definition) is 4. The Morgan fingerprint density at radius 2 is 1.83 bits per heavy atom. The van der Waals surface area contributed by atoms with Crippen LogP contribution in [0.5, 0.6) is 0 Å². The summed E-state index contributed by atoms with van der Waals surface area (Å²) in [6.45, 7) is 4.66. The molecule has 0 aliphatic carbocycles. The van der Waals surface area contributed by atoms with Crippen molar-refractivity contribution < 1.29 is 4.52 Å². The van der Waals surface area contributed by atoms with Crippen molar-refractivity contribution in [2.45, 2.75) is 20.4 Å². The molecule has 0 saturated carbocycles. The van der Waals surface area contributed by atoms with Gasteiger partial charge in [0, 0.05) is 54.4 Å². The van der Waals surface area contributed by atoms with Crippen LogP contribution in [0.3, 0.4) is 0 Å². The van der Waals surface area contributed by atoms with Crippen molar-refractivity contribution in [1.82, 2.24) is 24.5 Å². The van der Waals surface area contributed by atoms with Crippen LogP contribution in [0, 0.1) is 13.8 Å². The molecule has 4 heterocycles. The third kappa shape index (κ3) is 3.02. The first-order valence-corrected chi connectivity index (χ1v) is 9.55. The lowest BCUT2D eigenvalue weighted by Crippen LogP contribution is -1.98. The van der Waals surface area contributed by atoms with Crippen LogP contribution in [0.15, 0.2) is 65.7 Å². The van der Waals surface area contributed by atoms with E-state index in [0.717, 1.165) is 51.3 Å². The first-order valence-electron chi connectivity index (χ1n) is 9.55. The zero-order valence-electron chi connectivity index (χ0n) is 16.6. The summed E-state index contributed by atoms with van der Waals surface area (Å²) in [5.41, 5.74) is 8.31. The third-order valence-corrected chi connectivity index (χ3v) is 5.25. The maximum atomic E-state index is 5.37. The lowest BCUT2D eigenvalue weighted by atomic mass is 10.1. The fourth-order valence-electron chi connectivity index (χ4n) is 3.88. The normalized spacial score (nSPS) is 11.4. The van der Waals surface area contributed by atoms with Crippen LogP contribution >= 0.6 is 0 Å². The number of nitrogens with zero attached hydrogens (tertiary/aromatic N) is 5. The first kappa shape index (κ1) is 17.4. The van der Waals surface area contributed by atoms with E-state index in [4.69, 9.17) is 9.51 Å². The van der Waals surface area contributed by atoms with E-state index in [-0.39, 0.29) is 0 Å². The van der Waals surface area contributed by atoms with Crippen molar-refractivity contribution in [2.75, 3.05) is 0 Å². The molecule has 1 aromatic carbocycles. The fraction of sp³-hybridized carbons (Fsp3) is 0.174. The van der Waals surface area contributed by atoms with E-state index in [0.29, 0.717) is 0 Å². The van der Waals surface area contributed by atoms with Crippen LogP contribution in [0.4, 0.5) is 0 Å². The summed E-state index contributed by atoms with van der Waals surface area (Å²) in [6.07, 6.45) is 7.97. The number of pyridine rings is 1. The fourth-order valence-corrected chi connectivity index (χ4v) is 3.88. The van der Waals surface area contributed by atoms with E-state index in [1.807, 2.05) is 50.2 Å². The molecule has 0 atom stereocenters. The zero-order valence-corrected chi connectivity index (χ0v) is 16.6. The Morgan fingerprint density at radius 1 is 1.00 bits per heavy atom. The van der Waals surface area contributed by atoms with Gasteiger partial charge in [0.15, 0.2) is 0 Å². The van der Waals surface area contributed by atoms with Crippen molar-refractivity contribution in [1.29, 1.82) is 0 Å². The molecule has 4 aromatic heterocycles. The van der Waals surface area contributed by atoms with E-state index in [9.17, 15) is 0 Å². The van der Waals surface area contributed by atoms with Gasteiger partial charge >= 0.3 is 0 Å². The number of hydrogen-bond donors (Lipinski definition) is 0. The molecule has 0 N–H and O–H groups in total. The number of aryl methyl sites for hydroxylation is 3. The minimum Gasteiger partial charge on any atom is -0.361 e. The molecule has 5 aromatic rings. The Morgan fingerprint density at radius 3 is 2.52 bits per heavy atom. The maximum Gasteiger partial charge on any atom is 0.141 e. The quantitative estimate of drug-likeness (QED) is 0.449. The van der Waals surface area contributed by atoms with E-state index in [2.05, 4.69) is 51.4 Å². The molecule has 0 saturated heterocycles. The highest BCUT2D eigenvalue weighted by Crippen LogP contribution is 2.34. The predicted octanol–water partition coefficient (Wildman–Crippen LogP) is 4.76. The van der Waals surface area contributed by atoms with Gasteiger partial charge < -0.3 is 9.09 Å². The zero-order chi connectivity index (χ0) is 20.0. The molecule has 29 heavy (non-hydrogen) atoms. The number of rotatable bonds is 4. The standard InChI is InChI=1S/C23H21N5O/c1-15-22(16(2)29-26-15)18-9-21-23(24-10-18)20(19-11-25-27(3)13-19)14-28(21)12-17-7-5-4-6-8-17/h4-11,13-14H,12H2,1-3H3. The van der Waals surface area contributed by atoms with Gasteiger partial charge in [-0.15, -0.1) is 0 Å². The van der Waals surface area contributed by atoms with Gasteiger partial charge in [-0.05, 0) is 25.5 Å². The predicted molar refractivity (Wildman–Crippen MR) is 112 cm³/mol. The molecule has 6 heteroatoms. The van der Waals surface area contributed by atoms with Crippen molar-refractivity contribution in [2.24, 2.45) is 7.05 Å². The molecule has 5 rings (SSSR count). The van der Waals surface area contributed by atoms with Crippen molar-refractivity contribution >= 4 is 11.0 Å². The Hall–Kier alpha value is -3.67. The Bertz CT molecular complexity index is 1290. The summed E-state index contributed by atoms with van der Waals surface area (Å²) in [6, 6.07) is 12.6. The molecule has 0 spiro atoms. The molecule has 0 aliphatic rings. The molecule has 0 bridgehead atoms. The Kier molecular flexibility index (Phi) is 4.05. The average Bonchev–Trinajstić information content (AvgIpc) is 3.40. The van der Waals surface area contributed by atoms with Gasteiger partial charge in [0.25, 0.3) is 0 Å². The summed E-state index contributed by atoms with van der Waals surface area (Å²) in [5.74, 6) is 0.803. The van der Waals surface area contributed by atoms with Crippen LogP contribution in [-0.2, 0) is 13.6 Å². The second-order valence-electron chi connectivity index (χ2n) is 7.35. The van der Waals surface area contributed by atoms with Crippen LogP contribution in [-0.4, -0.2) is 24.5 Å². The van der Waals surface area contributed by atoms with Crippen molar-refractivity contribution in [3.63, 3.8) is 0 Å². The topological polar surface area (TPSA) is 61.7 Å². The third-order valence-electron chi connectivity index (χ3n) is 5.25. The molecule has 0 amide bonds. The highest BCUT2D eigenvalue weighted by atomic mass is 16.5. The molecule has 0 unspecified atom stereocenters. The Balaban J connectivity index is 1.71. The van der Waals surface area contributed by atoms with Crippen LogP contribution in [0.2, 0.25) is 0 Å². The lowest BCUT2D eigenvalue weighted by molar-refractivity contribution is 0.393. The highest BCUT2D eigenvalue weighted by molar-refractivity contribution is 5.94. The largest absolute Gasteiger partial charge is 0.361 e. The second-order valence-corrected chi connectivity index (χ2v) is 7.35. The van der Waals surface area contributed by atoms with E-state index in [1.54, 1.807) is 0 Å². The Labute approximate surface area is 168 Å². The minimum absolute atomic E-state index is 0.768. The van der Waals surface area contributed by atoms with E-state index < -0.39 is 0 Å². The summed E-state index contributed by atoms with van der Waals surface area (Å²) in [5, 5.41) is 8.43. The molecule has 0 aliphatic heterocycles. The van der Waals surface area contributed by atoms with Crippen molar-refractivity contribution in [3.8, 4) is 22.3 Å². The smallest absolute Gasteiger partial charge is 0.141 e. The van der Waals surface area contributed by atoms with Crippen molar-refractivity contribution in [3.05, 3.63) is 78.2 Å². The number of fused-ring (bicyclic) bond motifs is 1. The molecular formula is C23H21N5O. The molecule has 0 fully saturated rings. The first-order chi connectivity index (χ1) is 14.1. The SMILES string of the molecule is Cc1noc(C)c1-c1cnc2c(-c3cnn(C)c3)cn(Cc3ccccc3)c2c1. The van der Waals surface area contributed by atoms with Gasteiger partial charge in [0.05, 0.1) is 22.9 Å². The monoisotopic (exact) mass is 383 g/mol. The van der Waals surface area contributed by atoms with Gasteiger partial charge in [0.1, 0.15) is 5.76 Å². The molecule has 144 valence electrons. The van der Waals surface area contributed by atoms with Gasteiger partial charge in [-0.1, -0.05) is 35.5 Å². The average molecular weight is 383 g/mol. The summed E-state index contributed by atoms with van der Waals surface area (Å²) >= 11 is 0. The maximum absolute atomic E-state index is 5.37. The van der Waals surface area contributed by atoms with E-state index in [1.165, 1.54) is 5.56 Å². The van der Waals surface area contributed by atoms with Crippen LogP contribution in [0.1, 0.15) is 17.0 Å². The van der Waals surface area contributed by atoms with Gasteiger partial charge in [-0.3, -0.25) is 9.67 Å². The van der Waals surface area contributed by atoms with Gasteiger partial charge in [-0.2, -0.15) is 5.10 Å². The van der Waals surface area contributed by atoms with Gasteiger partial charge in [-0.25, -0.2) is 0 Å². The summed E-state index contributed by atoms with van der Waals surface area (Å²) < 4.78 is 9.43. The number of aromatic nitrogens is 5. The van der Waals surface area contributed by atoms with Gasteiger partial charge in [0.2, 0.25) is 0 Å². The lowest BCUT2D eigenvalue weighted by Gasteiger charge is -2.07. The highest BCUT2D eigenvalue weighted by Gasteiger charge is 2.17. The number of benzene rings is 1. The second kappa shape index (κ2) is 6.74. The molecular weight excluding hydrogens is 362 g/mol. The minimum atomic E-state index is 0.768. The summed E-state index contributed by atoms with van der Waals surface area (Å²) in [4.78, 5) is 4.84.